The molecule has 0 spiro atoms. The maximum absolute atomic E-state index is 10.2. The molecule has 2 atom stereocenters. The zero-order valence-electron chi connectivity index (χ0n) is 13.6. The third-order valence-corrected chi connectivity index (χ3v) is 3.90. The van der Waals surface area contributed by atoms with Crippen LogP contribution < -0.4 is 10.2 Å². The van der Waals surface area contributed by atoms with Crippen LogP contribution in [0.2, 0.25) is 0 Å². The largest absolute Gasteiger partial charge is 0.508 e. The Kier molecular flexibility index (Phi) is 6.86. The van der Waals surface area contributed by atoms with Crippen molar-refractivity contribution in [2.24, 2.45) is 5.92 Å². The van der Waals surface area contributed by atoms with E-state index in [9.17, 15) is 5.11 Å². The number of rotatable bonds is 8. The van der Waals surface area contributed by atoms with Crippen molar-refractivity contribution in [1.29, 1.82) is 0 Å². The van der Waals surface area contributed by atoms with Crippen molar-refractivity contribution in [1.82, 2.24) is 5.32 Å². The fourth-order valence-electron chi connectivity index (χ4n) is 2.31. The second-order valence-corrected chi connectivity index (χ2v) is 5.81. The lowest BCUT2D eigenvalue weighted by atomic mass is 10.0. The van der Waals surface area contributed by atoms with E-state index in [1.807, 2.05) is 12.1 Å². The molecule has 114 valence electrons. The highest BCUT2D eigenvalue weighted by Crippen LogP contribution is 2.29. The minimum atomic E-state index is 0.184. The summed E-state index contributed by atoms with van der Waals surface area (Å²) in [5.74, 6) is 1.04. The molecule has 0 aliphatic heterocycles. The molecule has 1 aromatic carbocycles. The van der Waals surface area contributed by atoms with Crippen LogP contribution in [0, 0.1) is 5.92 Å². The first-order valence-electron chi connectivity index (χ1n) is 7.77. The third kappa shape index (κ3) is 4.71. The van der Waals surface area contributed by atoms with Crippen LogP contribution in [0.5, 0.6) is 5.75 Å². The number of phenolic OH excluding ortho intramolecular Hbond substituents is 1. The van der Waals surface area contributed by atoms with Crippen LogP contribution in [0.15, 0.2) is 18.2 Å². The van der Waals surface area contributed by atoms with Gasteiger partial charge in [-0.05, 0) is 31.9 Å². The summed E-state index contributed by atoms with van der Waals surface area (Å²) in [6.45, 7) is 10.7. The van der Waals surface area contributed by atoms with Crippen molar-refractivity contribution in [3.63, 3.8) is 0 Å². The topological polar surface area (TPSA) is 35.5 Å². The molecule has 20 heavy (non-hydrogen) atoms. The first kappa shape index (κ1) is 16.8. The lowest BCUT2D eigenvalue weighted by molar-refractivity contribution is 0.452. The first-order chi connectivity index (χ1) is 9.49. The molecular weight excluding hydrogens is 248 g/mol. The van der Waals surface area contributed by atoms with Gasteiger partial charge in [0.05, 0.1) is 0 Å². The molecule has 0 bridgehead atoms. The van der Waals surface area contributed by atoms with E-state index in [1.54, 1.807) is 0 Å². The summed E-state index contributed by atoms with van der Waals surface area (Å²) in [4.78, 5) is 2.21. The predicted octanol–water partition coefficient (Wildman–Crippen LogP) is 3.94. The number of phenols is 1. The van der Waals surface area contributed by atoms with Gasteiger partial charge in [-0.15, -0.1) is 0 Å². The molecule has 3 heteroatoms. The second-order valence-electron chi connectivity index (χ2n) is 5.81. The molecule has 0 heterocycles. The van der Waals surface area contributed by atoms with Gasteiger partial charge in [-0.2, -0.15) is 0 Å². The quantitative estimate of drug-likeness (QED) is 0.756. The van der Waals surface area contributed by atoms with Gasteiger partial charge in [0, 0.05) is 37.0 Å². The summed E-state index contributed by atoms with van der Waals surface area (Å²) >= 11 is 0. The summed E-state index contributed by atoms with van der Waals surface area (Å²) in [7, 11) is 2.08. The van der Waals surface area contributed by atoms with Crippen molar-refractivity contribution in [2.75, 3.05) is 25.0 Å². The number of benzene rings is 1. The smallest absolute Gasteiger partial charge is 0.122 e. The Balaban J connectivity index is 2.76. The number of hydrogen-bond donors (Lipinski definition) is 2. The van der Waals surface area contributed by atoms with Gasteiger partial charge in [0.15, 0.2) is 0 Å². The highest BCUT2D eigenvalue weighted by Gasteiger charge is 2.12. The first-order valence-corrected chi connectivity index (χ1v) is 7.77. The Morgan fingerprint density at radius 2 is 1.95 bits per heavy atom. The van der Waals surface area contributed by atoms with Crippen molar-refractivity contribution >= 4 is 5.69 Å². The molecule has 0 aromatic heterocycles. The average molecular weight is 278 g/mol. The van der Waals surface area contributed by atoms with E-state index in [0.717, 1.165) is 30.8 Å². The Labute approximate surface area is 124 Å². The minimum absolute atomic E-state index is 0.184. The van der Waals surface area contributed by atoms with Crippen molar-refractivity contribution in [3.8, 4) is 5.75 Å². The Bertz CT molecular complexity index is 406. The Morgan fingerprint density at radius 1 is 1.25 bits per heavy atom. The van der Waals surface area contributed by atoms with E-state index in [0.29, 0.717) is 11.7 Å². The fourth-order valence-corrected chi connectivity index (χ4v) is 2.31. The van der Waals surface area contributed by atoms with Crippen LogP contribution in [0.3, 0.4) is 0 Å². The van der Waals surface area contributed by atoms with Crippen molar-refractivity contribution in [2.45, 2.75) is 46.6 Å². The lowest BCUT2D eigenvalue weighted by Gasteiger charge is -2.24. The minimum Gasteiger partial charge on any atom is -0.508 e. The number of anilines is 1. The molecule has 2 unspecified atom stereocenters. The summed E-state index contributed by atoms with van der Waals surface area (Å²) in [6, 6.07) is 6.19. The number of nitrogens with one attached hydrogen (secondary N) is 1. The van der Waals surface area contributed by atoms with Crippen molar-refractivity contribution in [3.05, 3.63) is 23.8 Å². The normalized spacial score (nSPS) is 14.1. The highest BCUT2D eigenvalue weighted by atomic mass is 16.3. The number of nitrogens with zero attached hydrogens (tertiary/aromatic N) is 1. The van der Waals surface area contributed by atoms with Gasteiger partial charge in [0.1, 0.15) is 5.75 Å². The summed E-state index contributed by atoms with van der Waals surface area (Å²) < 4.78 is 0. The SMILES string of the molecule is CCCNC(C)c1ccc(N(C)CC(C)CC)cc1O. The van der Waals surface area contributed by atoms with E-state index in [-0.39, 0.29) is 6.04 Å². The summed E-state index contributed by atoms with van der Waals surface area (Å²) in [5, 5.41) is 13.6. The Hall–Kier alpha value is -1.22. The van der Waals surface area contributed by atoms with Gasteiger partial charge in [0.25, 0.3) is 0 Å². The zero-order valence-corrected chi connectivity index (χ0v) is 13.6. The van der Waals surface area contributed by atoms with Gasteiger partial charge in [-0.25, -0.2) is 0 Å². The second kappa shape index (κ2) is 8.15. The fraction of sp³-hybridized carbons (Fsp3) is 0.647. The van der Waals surface area contributed by atoms with Gasteiger partial charge >= 0.3 is 0 Å². The Morgan fingerprint density at radius 3 is 2.50 bits per heavy atom. The third-order valence-electron chi connectivity index (χ3n) is 3.90. The molecule has 3 nitrogen and oxygen atoms in total. The van der Waals surface area contributed by atoms with E-state index >= 15 is 0 Å². The highest BCUT2D eigenvalue weighted by molar-refractivity contribution is 5.53. The molecule has 0 radical (unpaired) electrons. The van der Waals surface area contributed by atoms with Gasteiger partial charge in [-0.3, -0.25) is 0 Å². The van der Waals surface area contributed by atoms with Gasteiger partial charge in [0.2, 0.25) is 0 Å². The van der Waals surface area contributed by atoms with E-state index in [2.05, 4.69) is 51.0 Å². The average Bonchev–Trinajstić information content (AvgIpc) is 2.44. The van der Waals surface area contributed by atoms with Crippen LogP contribution in [-0.2, 0) is 0 Å². The molecule has 0 saturated carbocycles. The molecule has 2 N–H and O–H groups in total. The maximum Gasteiger partial charge on any atom is 0.122 e. The van der Waals surface area contributed by atoms with Gasteiger partial charge < -0.3 is 15.3 Å². The molecule has 0 aliphatic carbocycles. The molecule has 1 rings (SSSR count). The number of aromatic hydroxyl groups is 1. The van der Waals surface area contributed by atoms with E-state index < -0.39 is 0 Å². The van der Waals surface area contributed by atoms with E-state index in [1.165, 1.54) is 6.42 Å². The van der Waals surface area contributed by atoms with Gasteiger partial charge in [-0.1, -0.05) is 33.3 Å². The van der Waals surface area contributed by atoms with Crippen molar-refractivity contribution < 1.29 is 5.11 Å². The standard InChI is InChI=1S/C17H30N2O/c1-6-10-18-14(4)16-9-8-15(11-17(16)20)19(5)12-13(3)7-2/h8-9,11,13-14,18,20H,6-7,10,12H2,1-5H3. The molecule has 1 aromatic rings. The van der Waals surface area contributed by atoms with Crippen LogP contribution in [0.1, 0.15) is 52.1 Å². The predicted molar refractivity (Wildman–Crippen MR) is 87.5 cm³/mol. The molecule has 0 aliphatic rings. The maximum atomic E-state index is 10.2. The summed E-state index contributed by atoms with van der Waals surface area (Å²) in [6.07, 6.45) is 2.27. The molecule has 0 fully saturated rings. The molecule has 0 amide bonds. The van der Waals surface area contributed by atoms with E-state index in [4.69, 9.17) is 0 Å². The van der Waals surface area contributed by atoms with Crippen LogP contribution in [0.25, 0.3) is 0 Å². The van der Waals surface area contributed by atoms with Crippen LogP contribution in [0.4, 0.5) is 5.69 Å². The van der Waals surface area contributed by atoms with Crippen LogP contribution in [-0.4, -0.2) is 25.2 Å². The molecule has 0 saturated heterocycles. The number of hydrogen-bond acceptors (Lipinski definition) is 3. The lowest BCUT2D eigenvalue weighted by Crippen LogP contribution is -2.24. The summed E-state index contributed by atoms with van der Waals surface area (Å²) in [5.41, 5.74) is 2.05. The zero-order chi connectivity index (χ0) is 15.1. The monoisotopic (exact) mass is 278 g/mol. The molecular formula is C17H30N2O. The van der Waals surface area contributed by atoms with Crippen LogP contribution >= 0.6 is 0 Å².